The molecule has 0 fully saturated rings. The van der Waals surface area contributed by atoms with Gasteiger partial charge in [-0.05, 0) is 18.1 Å². The molecule has 142 valence electrons. The van der Waals surface area contributed by atoms with Crippen LogP contribution in [0, 0.1) is 17.0 Å². The van der Waals surface area contributed by atoms with Gasteiger partial charge in [0.05, 0.1) is 11.6 Å². The topological polar surface area (TPSA) is 111 Å². The molecule has 0 saturated heterocycles. The lowest BCUT2D eigenvalue weighted by Gasteiger charge is -2.28. The Morgan fingerprint density at radius 1 is 1.19 bits per heavy atom. The zero-order valence-corrected chi connectivity index (χ0v) is 15.7. The molecule has 0 heterocycles. The molecule has 0 bridgehead atoms. The number of hydrazone groups is 1. The van der Waals surface area contributed by atoms with Gasteiger partial charge in [-0.2, -0.15) is 5.10 Å². The third kappa shape index (κ3) is 5.13. The van der Waals surface area contributed by atoms with E-state index in [2.05, 4.69) is 10.5 Å². The van der Waals surface area contributed by atoms with E-state index in [9.17, 15) is 14.9 Å². The quantitative estimate of drug-likeness (QED) is 0.442. The summed E-state index contributed by atoms with van der Waals surface area (Å²) in [5.41, 5.74) is 9.36. The van der Waals surface area contributed by atoms with E-state index in [1.54, 1.807) is 13.8 Å². The number of urea groups is 1. The zero-order chi connectivity index (χ0) is 20.0. The summed E-state index contributed by atoms with van der Waals surface area (Å²) >= 11 is 0. The van der Waals surface area contributed by atoms with Crippen LogP contribution in [0.1, 0.15) is 42.9 Å². The lowest BCUT2D eigenvalue weighted by atomic mass is 9.78. The number of nitrogens with one attached hydrogen (secondary N) is 1. The Balaban J connectivity index is 2.49. The number of benzene rings is 2. The number of nitrogens with zero attached hydrogens (tertiary/aromatic N) is 2. The first-order chi connectivity index (χ1) is 12.7. The van der Waals surface area contributed by atoms with Crippen molar-refractivity contribution in [2.24, 2.45) is 10.8 Å². The van der Waals surface area contributed by atoms with Gasteiger partial charge in [-0.15, -0.1) is 0 Å². The molecule has 7 nitrogen and oxygen atoms in total. The number of nitrogens with two attached hydrogens (primary N) is 1. The average Bonchev–Trinajstić information content (AvgIpc) is 2.63. The highest BCUT2D eigenvalue weighted by molar-refractivity contribution is 6.01. The molecule has 0 radical (unpaired) electrons. The molecule has 27 heavy (non-hydrogen) atoms. The highest BCUT2D eigenvalue weighted by atomic mass is 16.6. The summed E-state index contributed by atoms with van der Waals surface area (Å²) in [4.78, 5) is 22.6. The highest BCUT2D eigenvalue weighted by Gasteiger charge is 2.42. The normalized spacial score (nSPS) is 13.1. The van der Waals surface area contributed by atoms with Gasteiger partial charge in [0.2, 0.25) is 5.54 Å². The van der Waals surface area contributed by atoms with Crippen LogP contribution in [-0.4, -0.2) is 22.2 Å². The SMILES string of the molecule is Cc1ccc(C(C/C(=N/NC(N)=O)c2ccccc2)C(C)(C)[N+](=O)[O-])cc1. The van der Waals surface area contributed by atoms with Crippen molar-refractivity contribution in [2.45, 2.75) is 38.6 Å². The third-order valence-electron chi connectivity index (χ3n) is 4.61. The van der Waals surface area contributed by atoms with Crippen molar-refractivity contribution in [1.82, 2.24) is 5.43 Å². The number of amides is 2. The maximum atomic E-state index is 11.8. The molecule has 3 N–H and O–H groups in total. The molecular formula is C20H24N4O3. The Hall–Kier alpha value is -3.22. The molecule has 2 rings (SSSR count). The lowest BCUT2D eigenvalue weighted by molar-refractivity contribution is -0.565. The first-order valence-electron chi connectivity index (χ1n) is 8.60. The number of aryl methyl sites for hydroxylation is 1. The molecule has 1 atom stereocenters. The van der Waals surface area contributed by atoms with E-state index in [0.717, 1.165) is 16.7 Å². The second kappa shape index (κ2) is 8.44. The number of rotatable bonds is 7. The van der Waals surface area contributed by atoms with Crippen molar-refractivity contribution in [3.63, 3.8) is 0 Å². The Kier molecular flexibility index (Phi) is 6.28. The summed E-state index contributed by atoms with van der Waals surface area (Å²) in [6.45, 7) is 5.16. The Bertz CT molecular complexity index is 830. The highest BCUT2D eigenvalue weighted by Crippen LogP contribution is 2.35. The molecule has 0 aliphatic heterocycles. The van der Waals surface area contributed by atoms with Gasteiger partial charge in [0.25, 0.3) is 0 Å². The largest absolute Gasteiger partial charge is 0.350 e. The lowest BCUT2D eigenvalue weighted by Crippen LogP contribution is -2.39. The van der Waals surface area contributed by atoms with E-state index in [4.69, 9.17) is 5.73 Å². The molecule has 0 saturated carbocycles. The van der Waals surface area contributed by atoms with Crippen LogP contribution in [0.3, 0.4) is 0 Å². The zero-order valence-electron chi connectivity index (χ0n) is 15.7. The maximum Gasteiger partial charge on any atom is 0.332 e. The van der Waals surface area contributed by atoms with Gasteiger partial charge in [-0.25, -0.2) is 10.2 Å². The van der Waals surface area contributed by atoms with Crippen LogP contribution in [0.25, 0.3) is 0 Å². The standard InChI is InChI=1S/C20H24N4O3/c1-14-9-11-15(12-10-14)17(20(2,3)24(26)27)13-18(22-23-19(21)25)16-7-5-4-6-8-16/h4-12,17H,13H2,1-3H3,(H3,21,23,25)/b22-18-. The smallest absolute Gasteiger partial charge is 0.332 e. The van der Waals surface area contributed by atoms with Crippen molar-refractivity contribution < 1.29 is 9.72 Å². The van der Waals surface area contributed by atoms with Gasteiger partial charge in [0, 0.05) is 25.2 Å². The van der Waals surface area contributed by atoms with Crippen molar-refractivity contribution in [3.8, 4) is 0 Å². The number of carbonyl (C=O) groups excluding carboxylic acids is 1. The van der Waals surface area contributed by atoms with Crippen LogP contribution in [0.2, 0.25) is 0 Å². The fraction of sp³-hybridized carbons (Fsp3) is 0.300. The van der Waals surface area contributed by atoms with E-state index in [1.807, 2.05) is 61.5 Å². The summed E-state index contributed by atoms with van der Waals surface area (Å²) < 4.78 is 0. The molecule has 2 amide bonds. The number of primary amides is 1. The van der Waals surface area contributed by atoms with Crippen LogP contribution in [0.4, 0.5) is 4.79 Å². The number of hydrogen-bond acceptors (Lipinski definition) is 4. The Labute approximate surface area is 158 Å². The molecule has 1 unspecified atom stereocenters. The van der Waals surface area contributed by atoms with Gasteiger partial charge in [-0.3, -0.25) is 10.1 Å². The second-order valence-corrected chi connectivity index (χ2v) is 6.98. The van der Waals surface area contributed by atoms with E-state index in [1.165, 1.54) is 0 Å². The summed E-state index contributed by atoms with van der Waals surface area (Å²) in [5, 5.41) is 15.9. The van der Waals surface area contributed by atoms with Crippen molar-refractivity contribution in [3.05, 3.63) is 81.4 Å². The summed E-state index contributed by atoms with van der Waals surface area (Å²) in [6, 6.07) is 16.1. The van der Waals surface area contributed by atoms with Crippen LogP contribution < -0.4 is 11.2 Å². The Morgan fingerprint density at radius 2 is 1.78 bits per heavy atom. The molecule has 0 aromatic heterocycles. The van der Waals surface area contributed by atoms with E-state index >= 15 is 0 Å². The molecule has 2 aromatic carbocycles. The fourth-order valence-corrected chi connectivity index (χ4v) is 2.88. The number of nitro groups is 1. The van der Waals surface area contributed by atoms with Crippen LogP contribution in [-0.2, 0) is 0 Å². The van der Waals surface area contributed by atoms with Crippen LogP contribution >= 0.6 is 0 Å². The number of hydrogen-bond donors (Lipinski definition) is 2. The number of carbonyl (C=O) groups is 1. The van der Waals surface area contributed by atoms with Gasteiger partial charge < -0.3 is 5.73 Å². The van der Waals surface area contributed by atoms with Gasteiger partial charge in [-0.1, -0.05) is 60.2 Å². The van der Waals surface area contributed by atoms with Gasteiger partial charge >= 0.3 is 6.03 Å². The fourth-order valence-electron chi connectivity index (χ4n) is 2.88. The third-order valence-corrected chi connectivity index (χ3v) is 4.61. The first-order valence-corrected chi connectivity index (χ1v) is 8.60. The van der Waals surface area contributed by atoms with E-state index < -0.39 is 17.5 Å². The average molecular weight is 368 g/mol. The molecule has 0 spiro atoms. The predicted molar refractivity (Wildman–Crippen MR) is 105 cm³/mol. The van der Waals surface area contributed by atoms with E-state index in [-0.39, 0.29) is 11.3 Å². The second-order valence-electron chi connectivity index (χ2n) is 6.98. The minimum absolute atomic E-state index is 0.265. The molecule has 7 heteroatoms. The summed E-state index contributed by atoms with van der Waals surface area (Å²) in [5.74, 6) is -0.457. The monoisotopic (exact) mass is 368 g/mol. The van der Waals surface area contributed by atoms with Gasteiger partial charge in [0.1, 0.15) is 0 Å². The first kappa shape index (κ1) is 20.1. The van der Waals surface area contributed by atoms with E-state index in [0.29, 0.717) is 5.71 Å². The molecular weight excluding hydrogens is 344 g/mol. The molecule has 0 aliphatic carbocycles. The maximum absolute atomic E-state index is 11.8. The Morgan fingerprint density at radius 3 is 2.30 bits per heavy atom. The van der Waals surface area contributed by atoms with Crippen molar-refractivity contribution in [2.75, 3.05) is 0 Å². The molecule has 2 aromatic rings. The predicted octanol–water partition coefficient (Wildman–Crippen LogP) is 3.60. The van der Waals surface area contributed by atoms with Crippen molar-refractivity contribution >= 4 is 11.7 Å². The molecule has 0 aliphatic rings. The minimum Gasteiger partial charge on any atom is -0.350 e. The van der Waals surface area contributed by atoms with Gasteiger partial charge in [0.15, 0.2) is 0 Å². The van der Waals surface area contributed by atoms with Crippen LogP contribution in [0.15, 0.2) is 59.7 Å². The summed E-state index contributed by atoms with van der Waals surface area (Å²) in [6.07, 6.45) is 0.265. The van der Waals surface area contributed by atoms with Crippen LogP contribution in [0.5, 0.6) is 0 Å². The van der Waals surface area contributed by atoms with Crippen molar-refractivity contribution in [1.29, 1.82) is 0 Å². The minimum atomic E-state index is -1.24. The summed E-state index contributed by atoms with van der Waals surface area (Å²) in [7, 11) is 0.